The predicted octanol–water partition coefficient (Wildman–Crippen LogP) is 1.91. The van der Waals surface area contributed by atoms with Crippen molar-refractivity contribution in [1.29, 1.82) is 0 Å². The topological polar surface area (TPSA) is 71.3 Å². The highest BCUT2D eigenvalue weighted by Gasteiger charge is 2.26. The molecule has 144 valence electrons. The normalized spacial score (nSPS) is 14.5. The Hall–Kier alpha value is -3.22. The summed E-state index contributed by atoms with van der Waals surface area (Å²) in [5, 5.41) is 0. The number of carbonyl (C=O) groups is 1. The second-order valence-electron chi connectivity index (χ2n) is 7.17. The highest BCUT2D eigenvalue weighted by Crippen LogP contribution is 2.24. The second-order valence-corrected chi connectivity index (χ2v) is 7.17. The van der Waals surface area contributed by atoms with Gasteiger partial charge in [0.15, 0.2) is 11.3 Å². The van der Waals surface area contributed by atoms with Crippen molar-refractivity contribution in [3.63, 3.8) is 0 Å². The third-order valence-corrected chi connectivity index (χ3v) is 5.51. The third-order valence-electron chi connectivity index (χ3n) is 5.51. The van der Waals surface area contributed by atoms with Crippen molar-refractivity contribution in [2.75, 3.05) is 31.1 Å². The van der Waals surface area contributed by atoms with Crippen LogP contribution in [-0.2, 0) is 7.05 Å². The Morgan fingerprint density at radius 1 is 1.04 bits per heavy atom. The number of piperazine rings is 1. The lowest BCUT2D eigenvalue weighted by Gasteiger charge is -2.36. The summed E-state index contributed by atoms with van der Waals surface area (Å²) in [7, 11) is 1.62. The molecule has 1 saturated heterocycles. The summed E-state index contributed by atoms with van der Waals surface area (Å²) in [5.41, 5.74) is 4.30. The summed E-state index contributed by atoms with van der Waals surface area (Å²) >= 11 is 0. The molecule has 7 heteroatoms. The van der Waals surface area contributed by atoms with E-state index in [0.717, 1.165) is 13.1 Å². The maximum atomic E-state index is 13.0. The van der Waals surface area contributed by atoms with Crippen molar-refractivity contribution in [1.82, 2.24) is 19.4 Å². The van der Waals surface area contributed by atoms with E-state index in [1.807, 2.05) is 0 Å². The van der Waals surface area contributed by atoms with E-state index in [4.69, 9.17) is 0 Å². The van der Waals surface area contributed by atoms with Gasteiger partial charge in [0.2, 0.25) is 0 Å². The lowest BCUT2D eigenvalue weighted by molar-refractivity contribution is 0.0738. The number of hydrogen-bond acceptors (Lipinski definition) is 5. The van der Waals surface area contributed by atoms with Crippen LogP contribution in [0.5, 0.6) is 0 Å². The molecule has 0 aliphatic carbocycles. The predicted molar refractivity (Wildman–Crippen MR) is 109 cm³/mol. The Balaban J connectivity index is 1.56. The van der Waals surface area contributed by atoms with Crippen LogP contribution in [0.15, 0.2) is 41.3 Å². The first-order valence-electron chi connectivity index (χ1n) is 9.39. The molecule has 4 rings (SSSR count). The zero-order valence-electron chi connectivity index (χ0n) is 16.3. The largest absolute Gasteiger partial charge is 0.368 e. The van der Waals surface area contributed by atoms with Crippen LogP contribution in [0.3, 0.4) is 0 Å². The quantitative estimate of drug-likeness (QED) is 0.682. The number of amides is 1. The van der Waals surface area contributed by atoms with Gasteiger partial charge >= 0.3 is 0 Å². The number of pyridine rings is 1. The fourth-order valence-corrected chi connectivity index (χ4v) is 3.68. The number of benzene rings is 1. The van der Waals surface area contributed by atoms with E-state index in [1.165, 1.54) is 21.4 Å². The Kier molecular flexibility index (Phi) is 4.58. The third kappa shape index (κ3) is 3.02. The molecule has 0 unspecified atom stereocenters. The zero-order valence-corrected chi connectivity index (χ0v) is 16.3. The van der Waals surface area contributed by atoms with Gasteiger partial charge in [-0.25, -0.2) is 9.97 Å². The van der Waals surface area contributed by atoms with Crippen LogP contribution < -0.4 is 10.5 Å². The number of carbonyl (C=O) groups excluding carboxylic acids is 1. The molecule has 28 heavy (non-hydrogen) atoms. The Morgan fingerprint density at radius 2 is 1.79 bits per heavy atom. The first-order chi connectivity index (χ1) is 13.5. The number of nitrogens with zero attached hydrogens (tertiary/aromatic N) is 5. The van der Waals surface area contributed by atoms with Crippen molar-refractivity contribution < 1.29 is 4.79 Å². The summed E-state index contributed by atoms with van der Waals surface area (Å²) in [6, 6.07) is 9.79. The fraction of sp³-hybridized carbons (Fsp3) is 0.333. The van der Waals surface area contributed by atoms with Crippen LogP contribution in [0, 0.1) is 13.8 Å². The molecule has 0 atom stereocenters. The van der Waals surface area contributed by atoms with E-state index in [2.05, 4.69) is 46.9 Å². The van der Waals surface area contributed by atoms with E-state index in [0.29, 0.717) is 24.3 Å². The van der Waals surface area contributed by atoms with Crippen LogP contribution in [0.2, 0.25) is 0 Å². The van der Waals surface area contributed by atoms with E-state index in [9.17, 15) is 9.59 Å². The molecule has 0 spiro atoms. The lowest BCUT2D eigenvalue weighted by atomic mass is 10.1. The van der Waals surface area contributed by atoms with E-state index in [-0.39, 0.29) is 11.6 Å². The fourth-order valence-electron chi connectivity index (χ4n) is 3.68. The minimum absolute atomic E-state index is 0.0387. The highest BCUT2D eigenvalue weighted by molar-refractivity contribution is 5.93. The average molecular weight is 377 g/mol. The van der Waals surface area contributed by atoms with Crippen molar-refractivity contribution in [2.45, 2.75) is 13.8 Å². The van der Waals surface area contributed by atoms with Gasteiger partial charge in [-0.05, 0) is 43.2 Å². The number of anilines is 1. The maximum absolute atomic E-state index is 13.0. The average Bonchev–Trinajstić information content (AvgIpc) is 2.72. The van der Waals surface area contributed by atoms with Gasteiger partial charge in [-0.1, -0.05) is 12.1 Å². The Labute approximate surface area is 163 Å². The molecule has 7 nitrogen and oxygen atoms in total. The van der Waals surface area contributed by atoms with Crippen LogP contribution in [0.25, 0.3) is 11.2 Å². The number of aromatic nitrogens is 3. The first kappa shape index (κ1) is 18.2. The summed E-state index contributed by atoms with van der Waals surface area (Å²) in [4.78, 5) is 38.1. The van der Waals surface area contributed by atoms with Gasteiger partial charge in [-0.3, -0.25) is 14.2 Å². The first-order valence-corrected chi connectivity index (χ1v) is 9.39. The minimum Gasteiger partial charge on any atom is -0.368 e. The van der Waals surface area contributed by atoms with Gasteiger partial charge in [-0.2, -0.15) is 0 Å². The molecule has 0 saturated carbocycles. The molecule has 3 aromatic rings. The number of fused-ring (bicyclic) bond motifs is 1. The molecular formula is C21H23N5O2. The number of rotatable bonds is 2. The molecule has 2 aromatic heterocycles. The Bertz CT molecular complexity index is 1110. The van der Waals surface area contributed by atoms with Crippen molar-refractivity contribution >= 4 is 22.8 Å². The SMILES string of the molecule is Cc1cccc(N2CCN(C(=O)c3nc4cccnc4n(C)c3=O)CC2)c1C. The molecule has 0 bridgehead atoms. The highest BCUT2D eigenvalue weighted by atomic mass is 16.2. The molecular weight excluding hydrogens is 354 g/mol. The molecule has 1 aliphatic rings. The van der Waals surface area contributed by atoms with Gasteiger partial charge < -0.3 is 9.80 Å². The van der Waals surface area contributed by atoms with E-state index < -0.39 is 5.56 Å². The zero-order chi connectivity index (χ0) is 19.8. The second kappa shape index (κ2) is 7.07. The van der Waals surface area contributed by atoms with Gasteiger partial charge in [0.25, 0.3) is 11.5 Å². The van der Waals surface area contributed by atoms with E-state index >= 15 is 0 Å². The summed E-state index contributed by atoms with van der Waals surface area (Å²) in [6.07, 6.45) is 1.61. The number of aryl methyl sites for hydroxylation is 2. The van der Waals surface area contributed by atoms with Gasteiger partial charge in [0.05, 0.1) is 0 Å². The number of hydrogen-bond donors (Lipinski definition) is 0. The van der Waals surface area contributed by atoms with Gasteiger partial charge in [0.1, 0.15) is 5.52 Å². The summed E-state index contributed by atoms with van der Waals surface area (Å²) < 4.78 is 1.39. The van der Waals surface area contributed by atoms with Crippen LogP contribution in [0.1, 0.15) is 21.6 Å². The molecule has 1 amide bonds. The molecule has 1 aromatic carbocycles. The van der Waals surface area contributed by atoms with Crippen molar-refractivity contribution in [2.24, 2.45) is 7.05 Å². The smallest absolute Gasteiger partial charge is 0.283 e. The molecule has 1 fully saturated rings. The van der Waals surface area contributed by atoms with Crippen LogP contribution in [0.4, 0.5) is 5.69 Å². The summed E-state index contributed by atoms with van der Waals surface area (Å²) in [6.45, 7) is 6.80. The lowest BCUT2D eigenvalue weighted by Crippen LogP contribution is -2.50. The monoisotopic (exact) mass is 377 g/mol. The standard InChI is InChI=1S/C21H23N5O2/c1-14-6-4-8-17(15(14)2)25-10-12-26(13-11-25)21(28)18-20(27)24(3)19-16(23-18)7-5-9-22-19/h4-9H,10-13H2,1-3H3. The molecule has 0 N–H and O–H groups in total. The molecule has 0 radical (unpaired) electrons. The van der Waals surface area contributed by atoms with Crippen molar-refractivity contribution in [3.8, 4) is 0 Å². The molecule has 1 aliphatic heterocycles. The van der Waals surface area contributed by atoms with Crippen LogP contribution >= 0.6 is 0 Å². The van der Waals surface area contributed by atoms with Gasteiger partial charge in [0, 0.05) is 45.1 Å². The van der Waals surface area contributed by atoms with Crippen molar-refractivity contribution in [3.05, 3.63) is 63.7 Å². The van der Waals surface area contributed by atoms with E-state index in [1.54, 1.807) is 30.3 Å². The van der Waals surface area contributed by atoms with Crippen LogP contribution in [-0.4, -0.2) is 51.5 Å². The Morgan fingerprint density at radius 3 is 2.54 bits per heavy atom. The summed E-state index contributed by atoms with van der Waals surface area (Å²) in [5.74, 6) is -0.313. The van der Waals surface area contributed by atoms with Gasteiger partial charge in [-0.15, -0.1) is 0 Å². The minimum atomic E-state index is -0.409. The maximum Gasteiger partial charge on any atom is 0.283 e. The molecule has 3 heterocycles.